The van der Waals surface area contributed by atoms with Crippen LogP contribution >= 0.6 is 0 Å². The summed E-state index contributed by atoms with van der Waals surface area (Å²) in [7, 11) is 0. The van der Waals surface area contributed by atoms with Gasteiger partial charge in [-0.3, -0.25) is 14.4 Å². The summed E-state index contributed by atoms with van der Waals surface area (Å²) in [5.74, 6) is -1.99. The van der Waals surface area contributed by atoms with E-state index in [0.29, 0.717) is 30.9 Å². The molecule has 1 spiro atoms. The normalized spacial score (nSPS) is 27.6. The van der Waals surface area contributed by atoms with Crippen LogP contribution in [0.15, 0.2) is 67.8 Å². The summed E-state index contributed by atoms with van der Waals surface area (Å²) in [6, 6.07) is 11.5. The van der Waals surface area contributed by atoms with Crippen LogP contribution in [0.2, 0.25) is 0 Å². The van der Waals surface area contributed by atoms with E-state index in [4.69, 9.17) is 9.47 Å². The molecule has 9 nitrogen and oxygen atoms in total. The quantitative estimate of drug-likeness (QED) is 0.253. The van der Waals surface area contributed by atoms with Gasteiger partial charge in [-0.2, -0.15) is 0 Å². The Morgan fingerprint density at radius 3 is 2.22 bits per heavy atom. The number of amides is 3. The minimum atomic E-state index is -1.28. The van der Waals surface area contributed by atoms with Crippen molar-refractivity contribution in [3.8, 4) is 5.75 Å². The van der Waals surface area contributed by atoms with Gasteiger partial charge in [0.1, 0.15) is 17.4 Å². The molecule has 1 N–H and O–H groups in total. The molecular weight excluding hydrogens is 618 g/mol. The smallest absolute Gasteiger partial charge is 0.253 e. The van der Waals surface area contributed by atoms with Gasteiger partial charge in [0.25, 0.3) is 5.91 Å². The van der Waals surface area contributed by atoms with Gasteiger partial charge in [0.2, 0.25) is 11.8 Å². The number of para-hydroxylation sites is 1. The van der Waals surface area contributed by atoms with Crippen molar-refractivity contribution >= 4 is 29.1 Å². The van der Waals surface area contributed by atoms with E-state index < -0.39 is 35.1 Å². The van der Waals surface area contributed by atoms with Gasteiger partial charge in [0.15, 0.2) is 0 Å². The largest absolute Gasteiger partial charge is 0.494 e. The SMILES string of the molecule is C=CCN(C(=O)[C@@H]1[C@H]2C(=O)N([C@@H](CO)CC(C)C)C(C(=O)N(CC=C)c3c(C)cccc3C)C23CC(C)[C@@]1(C)O3)c1ccc(OCC)cc1. The van der Waals surface area contributed by atoms with Crippen molar-refractivity contribution < 1.29 is 29.0 Å². The number of aryl methyl sites for hydroxylation is 2. The van der Waals surface area contributed by atoms with Crippen LogP contribution in [0.4, 0.5) is 11.4 Å². The summed E-state index contributed by atoms with van der Waals surface area (Å²) in [5.41, 5.74) is 0.957. The fraction of sp³-hybridized carbons (Fsp3) is 0.525. The lowest BCUT2D eigenvalue weighted by molar-refractivity contribution is -0.149. The molecule has 3 saturated heterocycles. The Labute approximate surface area is 291 Å². The summed E-state index contributed by atoms with van der Waals surface area (Å²) in [5, 5.41) is 10.8. The number of likely N-dealkylation sites (tertiary alicyclic amines) is 1. The molecule has 7 atom stereocenters. The lowest BCUT2D eigenvalue weighted by Gasteiger charge is -2.40. The number of nitrogens with zero attached hydrogens (tertiary/aromatic N) is 3. The first-order valence-corrected chi connectivity index (χ1v) is 17.6. The Morgan fingerprint density at radius 2 is 1.67 bits per heavy atom. The van der Waals surface area contributed by atoms with E-state index in [2.05, 4.69) is 13.2 Å². The molecule has 3 aliphatic heterocycles. The summed E-state index contributed by atoms with van der Waals surface area (Å²) >= 11 is 0. The molecule has 49 heavy (non-hydrogen) atoms. The van der Waals surface area contributed by atoms with Gasteiger partial charge in [-0.15, -0.1) is 13.2 Å². The number of aliphatic hydroxyl groups excluding tert-OH is 1. The number of carbonyl (C=O) groups excluding carboxylic acids is 3. The molecule has 3 amide bonds. The van der Waals surface area contributed by atoms with Gasteiger partial charge < -0.3 is 29.3 Å². The molecule has 2 aromatic rings. The van der Waals surface area contributed by atoms with Crippen LogP contribution in [-0.4, -0.2) is 77.3 Å². The minimum Gasteiger partial charge on any atom is -0.494 e. The number of carbonyl (C=O) groups is 3. The fourth-order valence-corrected chi connectivity index (χ4v) is 8.85. The fourth-order valence-electron chi connectivity index (χ4n) is 8.85. The monoisotopic (exact) mass is 671 g/mol. The Hall–Kier alpha value is -3.95. The highest BCUT2D eigenvalue weighted by molar-refractivity contribution is 6.07. The molecule has 0 aromatic heterocycles. The molecule has 2 aromatic carbocycles. The standard InChI is InChI=1S/C40H53N3O6/c1-10-20-41(29-16-18-31(19-17-29)48-12-3)36(45)32-33-37(46)43(30(24-44)22-25(4)5)35(40(33)23-28(8)39(32,9)49-40)38(47)42(21-11-2)34-26(6)14-13-15-27(34)7/h10-11,13-19,25,28,30,32-33,35,44H,1-2,12,20-24H2,3-9H3/t28?,30-,32+,33+,35?,39-,40?/m1/s1. The average Bonchev–Trinajstić information content (AvgIpc) is 3.58. The summed E-state index contributed by atoms with van der Waals surface area (Å²) in [6.45, 7) is 22.4. The number of aliphatic hydroxyl groups is 1. The van der Waals surface area contributed by atoms with E-state index in [1.165, 1.54) is 0 Å². The van der Waals surface area contributed by atoms with Crippen LogP contribution in [0.1, 0.15) is 58.6 Å². The molecule has 264 valence electrons. The van der Waals surface area contributed by atoms with E-state index in [-0.39, 0.29) is 49.3 Å². The first-order valence-electron chi connectivity index (χ1n) is 17.6. The maximum Gasteiger partial charge on any atom is 0.253 e. The van der Waals surface area contributed by atoms with Crippen LogP contribution in [0.25, 0.3) is 0 Å². The van der Waals surface area contributed by atoms with Gasteiger partial charge in [-0.1, -0.05) is 51.1 Å². The summed E-state index contributed by atoms with van der Waals surface area (Å²) in [6.07, 6.45) is 4.27. The van der Waals surface area contributed by atoms with Gasteiger partial charge >= 0.3 is 0 Å². The zero-order valence-corrected chi connectivity index (χ0v) is 30.1. The topological polar surface area (TPSA) is 99.6 Å². The van der Waals surface area contributed by atoms with E-state index in [1.807, 2.05) is 90.9 Å². The van der Waals surface area contributed by atoms with E-state index >= 15 is 9.59 Å². The van der Waals surface area contributed by atoms with Crippen LogP contribution in [-0.2, 0) is 19.1 Å². The molecule has 0 aliphatic carbocycles. The minimum absolute atomic E-state index is 0.135. The molecule has 3 unspecified atom stereocenters. The number of rotatable bonds is 14. The van der Waals surface area contributed by atoms with Crippen molar-refractivity contribution in [2.45, 2.75) is 84.6 Å². The molecule has 3 fully saturated rings. The Morgan fingerprint density at radius 1 is 1.06 bits per heavy atom. The number of fused-ring (bicyclic) bond motifs is 1. The predicted octanol–water partition coefficient (Wildman–Crippen LogP) is 5.86. The van der Waals surface area contributed by atoms with Crippen molar-refractivity contribution in [3.05, 3.63) is 78.9 Å². The molecule has 5 rings (SSSR count). The van der Waals surface area contributed by atoms with E-state index in [0.717, 1.165) is 16.8 Å². The molecule has 0 radical (unpaired) electrons. The van der Waals surface area contributed by atoms with Gasteiger partial charge in [-0.05, 0) is 87.8 Å². The number of benzene rings is 2. The lowest BCUT2D eigenvalue weighted by atomic mass is 9.62. The van der Waals surface area contributed by atoms with Gasteiger partial charge in [0.05, 0.1) is 36.7 Å². The highest BCUT2D eigenvalue weighted by Crippen LogP contribution is 2.66. The van der Waals surface area contributed by atoms with Crippen LogP contribution < -0.4 is 14.5 Å². The third-order valence-corrected chi connectivity index (χ3v) is 10.9. The third kappa shape index (κ3) is 5.99. The van der Waals surface area contributed by atoms with Gasteiger partial charge in [-0.25, -0.2) is 0 Å². The molecule has 3 heterocycles. The zero-order valence-electron chi connectivity index (χ0n) is 30.1. The molecule has 0 saturated carbocycles. The van der Waals surface area contributed by atoms with Crippen LogP contribution in [0, 0.1) is 37.5 Å². The summed E-state index contributed by atoms with van der Waals surface area (Å²) in [4.78, 5) is 50.2. The Bertz CT molecular complexity index is 1570. The van der Waals surface area contributed by atoms with Crippen molar-refractivity contribution in [3.63, 3.8) is 0 Å². The molecule has 9 heteroatoms. The zero-order chi connectivity index (χ0) is 35.8. The van der Waals surface area contributed by atoms with Crippen molar-refractivity contribution in [1.29, 1.82) is 0 Å². The van der Waals surface area contributed by atoms with Crippen LogP contribution in [0.5, 0.6) is 5.75 Å². The van der Waals surface area contributed by atoms with Crippen molar-refractivity contribution in [2.24, 2.45) is 23.7 Å². The van der Waals surface area contributed by atoms with Gasteiger partial charge in [0, 0.05) is 24.5 Å². The second kappa shape index (κ2) is 14.1. The summed E-state index contributed by atoms with van der Waals surface area (Å²) < 4.78 is 12.7. The highest BCUT2D eigenvalue weighted by Gasteiger charge is 2.80. The molecule has 2 bridgehead atoms. The maximum absolute atomic E-state index is 15.3. The Balaban J connectivity index is 1.67. The van der Waals surface area contributed by atoms with Crippen molar-refractivity contribution in [1.82, 2.24) is 4.90 Å². The van der Waals surface area contributed by atoms with Crippen molar-refractivity contribution in [2.75, 3.05) is 36.1 Å². The highest BCUT2D eigenvalue weighted by atomic mass is 16.5. The lowest BCUT2D eigenvalue weighted by Crippen LogP contribution is -2.59. The Kier molecular flexibility index (Phi) is 10.5. The second-order valence-corrected chi connectivity index (χ2v) is 14.6. The number of ether oxygens (including phenoxy) is 2. The van der Waals surface area contributed by atoms with Crippen LogP contribution in [0.3, 0.4) is 0 Å². The first kappa shape index (κ1) is 36.3. The third-order valence-electron chi connectivity index (χ3n) is 10.9. The van der Waals surface area contributed by atoms with E-state index in [9.17, 15) is 9.90 Å². The number of hydrogen-bond donors (Lipinski definition) is 1. The second-order valence-electron chi connectivity index (χ2n) is 14.6. The number of anilines is 2. The molecule has 3 aliphatic rings. The average molecular weight is 672 g/mol. The maximum atomic E-state index is 15.3. The molecular formula is C40H53N3O6. The predicted molar refractivity (Wildman–Crippen MR) is 193 cm³/mol. The first-order chi connectivity index (χ1) is 23.3. The van der Waals surface area contributed by atoms with E-state index in [1.54, 1.807) is 26.9 Å². The number of hydrogen-bond acceptors (Lipinski definition) is 6.